The summed E-state index contributed by atoms with van der Waals surface area (Å²) in [7, 11) is 0. The number of halogens is 2. The molecule has 0 atom stereocenters. The van der Waals surface area contributed by atoms with E-state index in [9.17, 15) is 18.4 Å². The molecule has 0 aromatic carbocycles. The van der Waals surface area contributed by atoms with Gasteiger partial charge in [0.05, 0.1) is 25.0 Å². The lowest BCUT2D eigenvalue weighted by Gasteiger charge is -2.16. The maximum Gasteiger partial charge on any atom is 0.272 e. The Morgan fingerprint density at radius 1 is 1.34 bits per heavy atom. The number of nitrogens with one attached hydrogen (secondary N) is 1. The Labute approximate surface area is 167 Å². The molecule has 2 amide bonds. The average Bonchev–Trinajstić information content (AvgIpc) is 2.98. The first-order chi connectivity index (χ1) is 13.8. The summed E-state index contributed by atoms with van der Waals surface area (Å²) in [6, 6.07) is 3.33. The van der Waals surface area contributed by atoms with Gasteiger partial charge in [-0.15, -0.1) is 0 Å². The Balaban J connectivity index is 1.74. The number of ether oxygens (including phenoxy) is 1. The zero-order chi connectivity index (χ0) is 21.1. The Hall–Kier alpha value is -3.10. The highest BCUT2D eigenvalue weighted by Gasteiger charge is 2.31. The summed E-state index contributed by atoms with van der Waals surface area (Å²) in [5.74, 6) is 0.108. The molecule has 2 aromatic heterocycles. The second-order valence-corrected chi connectivity index (χ2v) is 7.13. The van der Waals surface area contributed by atoms with Crippen molar-refractivity contribution in [1.82, 2.24) is 14.9 Å². The minimum absolute atomic E-state index is 0.173. The first-order valence-corrected chi connectivity index (χ1v) is 9.20. The fourth-order valence-electron chi connectivity index (χ4n) is 2.97. The molecule has 3 rings (SSSR count). The molecule has 0 aliphatic carbocycles. The van der Waals surface area contributed by atoms with Gasteiger partial charge in [0.25, 0.3) is 12.3 Å². The molecule has 1 aliphatic heterocycles. The zero-order valence-corrected chi connectivity index (χ0v) is 16.4. The van der Waals surface area contributed by atoms with E-state index < -0.39 is 13.0 Å². The van der Waals surface area contributed by atoms with Gasteiger partial charge < -0.3 is 15.0 Å². The molecule has 1 aliphatic rings. The van der Waals surface area contributed by atoms with Crippen LogP contribution in [0.15, 0.2) is 24.5 Å². The standard InChI is InChI=1S/C20H22F2N4O3/c1-11(2)19(27)25-18-15-9-26(20(28)14(15)4-5-23-18)8-13-6-12(3)16(7-24-13)29-10-17(21)22/h4-7,11,17H,8-10H2,1-3H3,(H,23,25,27). The van der Waals surface area contributed by atoms with Gasteiger partial charge in [0.1, 0.15) is 18.2 Å². The molecule has 0 spiro atoms. The molecule has 2 aromatic rings. The molecule has 0 saturated carbocycles. The Morgan fingerprint density at radius 3 is 2.76 bits per heavy atom. The minimum atomic E-state index is -2.56. The van der Waals surface area contributed by atoms with Gasteiger partial charge in [-0.3, -0.25) is 14.6 Å². The number of hydrogen-bond acceptors (Lipinski definition) is 5. The van der Waals surface area contributed by atoms with Crippen LogP contribution in [-0.2, 0) is 17.9 Å². The molecule has 29 heavy (non-hydrogen) atoms. The van der Waals surface area contributed by atoms with Crippen molar-refractivity contribution in [2.75, 3.05) is 11.9 Å². The Bertz CT molecular complexity index is 934. The van der Waals surface area contributed by atoms with Crippen molar-refractivity contribution in [1.29, 1.82) is 0 Å². The van der Waals surface area contributed by atoms with E-state index in [1.807, 2.05) is 0 Å². The molecule has 0 fully saturated rings. The van der Waals surface area contributed by atoms with Gasteiger partial charge in [0, 0.05) is 23.2 Å². The zero-order valence-electron chi connectivity index (χ0n) is 16.4. The van der Waals surface area contributed by atoms with Gasteiger partial charge in [-0.1, -0.05) is 13.8 Å². The van der Waals surface area contributed by atoms with Crippen LogP contribution in [-0.4, -0.2) is 39.7 Å². The summed E-state index contributed by atoms with van der Waals surface area (Å²) < 4.78 is 29.6. The summed E-state index contributed by atoms with van der Waals surface area (Å²) in [5, 5.41) is 2.76. The number of alkyl halides is 2. The molecule has 1 N–H and O–H groups in total. The molecular formula is C20H22F2N4O3. The third-order valence-electron chi connectivity index (χ3n) is 4.53. The molecule has 0 radical (unpaired) electrons. The number of pyridine rings is 2. The van der Waals surface area contributed by atoms with Gasteiger partial charge in [-0.05, 0) is 24.6 Å². The first kappa shape index (κ1) is 20.6. The number of rotatable bonds is 7. The van der Waals surface area contributed by atoms with Crippen LogP contribution in [0.5, 0.6) is 5.75 Å². The maximum absolute atomic E-state index is 12.8. The SMILES string of the molecule is Cc1cc(CN2Cc3c(ccnc3NC(=O)C(C)C)C2=O)ncc1OCC(F)F. The first-order valence-electron chi connectivity index (χ1n) is 9.20. The lowest BCUT2D eigenvalue weighted by molar-refractivity contribution is -0.118. The topological polar surface area (TPSA) is 84.4 Å². The highest BCUT2D eigenvalue weighted by molar-refractivity contribution is 6.01. The van der Waals surface area contributed by atoms with Crippen LogP contribution >= 0.6 is 0 Å². The lowest BCUT2D eigenvalue weighted by atomic mass is 10.1. The number of nitrogens with zero attached hydrogens (tertiary/aromatic N) is 3. The monoisotopic (exact) mass is 404 g/mol. The lowest BCUT2D eigenvalue weighted by Crippen LogP contribution is -2.24. The van der Waals surface area contributed by atoms with Crippen molar-refractivity contribution in [3.63, 3.8) is 0 Å². The van der Waals surface area contributed by atoms with Crippen molar-refractivity contribution < 1.29 is 23.1 Å². The maximum atomic E-state index is 12.8. The van der Waals surface area contributed by atoms with Crippen LogP contribution in [0.1, 0.15) is 41.0 Å². The van der Waals surface area contributed by atoms with E-state index in [1.165, 1.54) is 12.4 Å². The van der Waals surface area contributed by atoms with Crippen molar-refractivity contribution in [3.05, 3.63) is 46.9 Å². The molecule has 0 bridgehead atoms. The minimum Gasteiger partial charge on any atom is -0.486 e. The highest BCUT2D eigenvalue weighted by Crippen LogP contribution is 2.29. The predicted molar refractivity (Wildman–Crippen MR) is 102 cm³/mol. The van der Waals surface area contributed by atoms with Gasteiger partial charge in [0.2, 0.25) is 5.91 Å². The van der Waals surface area contributed by atoms with E-state index >= 15 is 0 Å². The molecule has 154 valence electrons. The Morgan fingerprint density at radius 2 is 2.10 bits per heavy atom. The molecule has 0 saturated heterocycles. The quantitative estimate of drug-likeness (QED) is 0.766. The normalized spacial score (nSPS) is 13.2. The molecule has 9 heteroatoms. The average molecular weight is 404 g/mol. The van der Waals surface area contributed by atoms with E-state index in [-0.39, 0.29) is 30.0 Å². The van der Waals surface area contributed by atoms with E-state index in [0.29, 0.717) is 34.7 Å². The van der Waals surface area contributed by atoms with Crippen LogP contribution in [0.25, 0.3) is 0 Å². The van der Waals surface area contributed by atoms with Gasteiger partial charge >= 0.3 is 0 Å². The molecule has 7 nitrogen and oxygen atoms in total. The van der Waals surface area contributed by atoms with Gasteiger partial charge in [-0.2, -0.15) is 0 Å². The number of carbonyl (C=O) groups excluding carboxylic acids is 2. The third-order valence-corrected chi connectivity index (χ3v) is 4.53. The number of carbonyl (C=O) groups is 2. The second-order valence-electron chi connectivity index (χ2n) is 7.13. The van der Waals surface area contributed by atoms with E-state index in [1.54, 1.807) is 37.8 Å². The predicted octanol–water partition coefficient (Wildman–Crippen LogP) is 3.18. The van der Waals surface area contributed by atoms with Crippen molar-refractivity contribution in [3.8, 4) is 5.75 Å². The van der Waals surface area contributed by atoms with E-state index in [0.717, 1.165) is 0 Å². The van der Waals surface area contributed by atoms with E-state index in [4.69, 9.17) is 4.74 Å². The van der Waals surface area contributed by atoms with Crippen molar-refractivity contribution in [2.45, 2.75) is 40.3 Å². The fourth-order valence-corrected chi connectivity index (χ4v) is 2.97. The number of amides is 2. The number of anilines is 1. The summed E-state index contributed by atoms with van der Waals surface area (Å²) in [6.45, 7) is 5.12. The number of aromatic nitrogens is 2. The summed E-state index contributed by atoms with van der Waals surface area (Å²) >= 11 is 0. The van der Waals surface area contributed by atoms with E-state index in [2.05, 4.69) is 15.3 Å². The Kier molecular flexibility index (Phi) is 6.05. The summed E-state index contributed by atoms with van der Waals surface area (Å²) in [5.41, 5.74) is 2.42. The number of hydrogen-bond donors (Lipinski definition) is 1. The van der Waals surface area contributed by atoms with Crippen LogP contribution < -0.4 is 10.1 Å². The number of aryl methyl sites for hydroxylation is 1. The summed E-state index contributed by atoms with van der Waals surface area (Å²) in [4.78, 5) is 34.8. The van der Waals surface area contributed by atoms with Crippen molar-refractivity contribution in [2.24, 2.45) is 5.92 Å². The van der Waals surface area contributed by atoms with Gasteiger partial charge in [0.15, 0.2) is 0 Å². The van der Waals surface area contributed by atoms with Gasteiger partial charge in [-0.25, -0.2) is 13.8 Å². The van der Waals surface area contributed by atoms with Crippen LogP contribution in [0.2, 0.25) is 0 Å². The fraction of sp³-hybridized carbons (Fsp3) is 0.400. The summed E-state index contributed by atoms with van der Waals surface area (Å²) in [6.07, 6.45) is 0.318. The van der Waals surface area contributed by atoms with Crippen LogP contribution in [0.4, 0.5) is 14.6 Å². The molecule has 3 heterocycles. The second kappa shape index (κ2) is 8.50. The molecular weight excluding hydrogens is 382 g/mol. The molecule has 0 unspecified atom stereocenters. The number of fused-ring (bicyclic) bond motifs is 1. The van der Waals surface area contributed by atoms with Crippen LogP contribution in [0.3, 0.4) is 0 Å². The third kappa shape index (κ3) is 4.67. The van der Waals surface area contributed by atoms with Crippen LogP contribution in [0, 0.1) is 12.8 Å². The largest absolute Gasteiger partial charge is 0.486 e. The van der Waals surface area contributed by atoms with Crippen molar-refractivity contribution >= 4 is 17.6 Å². The highest BCUT2D eigenvalue weighted by atomic mass is 19.3. The smallest absolute Gasteiger partial charge is 0.272 e.